The number of hydrogen-bond acceptors (Lipinski definition) is 3. The standard InChI is InChI=1S/C10H17F3N2O2/c1-6(14)9(16)15-3-7(5-17-2)8(4-15)10(11,12)13/h6-8H,3-5,14H2,1-2H3/t6-,7+,8+/m1/s1. The predicted molar refractivity (Wildman–Crippen MR) is 55.1 cm³/mol. The number of amides is 1. The molecule has 4 nitrogen and oxygen atoms in total. The van der Waals surface area contributed by atoms with Crippen molar-refractivity contribution in [3.63, 3.8) is 0 Å². The van der Waals surface area contributed by atoms with Crippen LogP contribution >= 0.6 is 0 Å². The van der Waals surface area contributed by atoms with E-state index in [-0.39, 0.29) is 19.7 Å². The first-order chi connectivity index (χ1) is 7.77. The van der Waals surface area contributed by atoms with Crippen LogP contribution in [-0.4, -0.2) is 49.8 Å². The van der Waals surface area contributed by atoms with Crippen LogP contribution < -0.4 is 5.73 Å². The lowest BCUT2D eigenvalue weighted by Gasteiger charge is -2.20. The lowest BCUT2D eigenvalue weighted by molar-refractivity contribution is -0.183. The van der Waals surface area contributed by atoms with Crippen molar-refractivity contribution in [2.45, 2.75) is 19.1 Å². The number of carbonyl (C=O) groups is 1. The highest BCUT2D eigenvalue weighted by molar-refractivity contribution is 5.81. The van der Waals surface area contributed by atoms with E-state index in [0.717, 1.165) is 0 Å². The molecule has 0 spiro atoms. The molecule has 1 saturated heterocycles. The molecule has 1 aliphatic rings. The van der Waals surface area contributed by atoms with E-state index < -0.39 is 30.0 Å². The highest BCUT2D eigenvalue weighted by Crippen LogP contribution is 2.37. The van der Waals surface area contributed by atoms with Crippen molar-refractivity contribution in [1.82, 2.24) is 4.90 Å². The second kappa shape index (κ2) is 5.22. The number of methoxy groups -OCH3 is 1. The van der Waals surface area contributed by atoms with E-state index in [0.29, 0.717) is 0 Å². The Kier molecular flexibility index (Phi) is 4.37. The zero-order valence-electron chi connectivity index (χ0n) is 9.83. The Morgan fingerprint density at radius 2 is 2.12 bits per heavy atom. The van der Waals surface area contributed by atoms with Gasteiger partial charge in [0.1, 0.15) is 0 Å². The van der Waals surface area contributed by atoms with Gasteiger partial charge in [-0.1, -0.05) is 0 Å². The predicted octanol–water partition coefficient (Wildman–Crippen LogP) is 0.617. The fourth-order valence-electron chi connectivity index (χ4n) is 2.09. The maximum Gasteiger partial charge on any atom is 0.393 e. The molecule has 0 aromatic carbocycles. The van der Waals surface area contributed by atoms with Gasteiger partial charge in [0.05, 0.1) is 18.6 Å². The smallest absolute Gasteiger partial charge is 0.384 e. The van der Waals surface area contributed by atoms with E-state index in [1.54, 1.807) is 0 Å². The SMILES string of the molecule is COC[C@@H]1CN(C(=O)[C@@H](C)N)C[C@@H]1C(F)(F)F. The highest BCUT2D eigenvalue weighted by Gasteiger charge is 2.50. The lowest BCUT2D eigenvalue weighted by atomic mass is 9.96. The summed E-state index contributed by atoms with van der Waals surface area (Å²) in [6, 6.07) is -0.773. The number of hydrogen-bond donors (Lipinski definition) is 1. The first-order valence-corrected chi connectivity index (χ1v) is 5.37. The number of rotatable bonds is 3. The molecule has 100 valence electrons. The summed E-state index contributed by atoms with van der Waals surface area (Å²) in [5.74, 6) is -2.68. The second-order valence-corrected chi connectivity index (χ2v) is 4.40. The van der Waals surface area contributed by atoms with Gasteiger partial charge < -0.3 is 15.4 Å². The van der Waals surface area contributed by atoms with E-state index in [9.17, 15) is 18.0 Å². The Labute approximate surface area is 97.9 Å². The van der Waals surface area contributed by atoms with Crippen molar-refractivity contribution >= 4 is 5.91 Å². The molecule has 1 heterocycles. The molecule has 7 heteroatoms. The Morgan fingerprint density at radius 1 is 1.53 bits per heavy atom. The minimum Gasteiger partial charge on any atom is -0.384 e. The fourth-order valence-corrected chi connectivity index (χ4v) is 2.09. The van der Waals surface area contributed by atoms with Crippen molar-refractivity contribution in [3.8, 4) is 0 Å². The second-order valence-electron chi connectivity index (χ2n) is 4.40. The third-order valence-corrected chi connectivity index (χ3v) is 2.94. The lowest BCUT2D eigenvalue weighted by Crippen LogP contribution is -2.41. The number of alkyl halides is 3. The molecular weight excluding hydrogens is 237 g/mol. The fraction of sp³-hybridized carbons (Fsp3) is 0.900. The minimum absolute atomic E-state index is 0.00703. The Bertz CT molecular complexity index is 281. The number of likely N-dealkylation sites (tertiary alicyclic amines) is 1. The van der Waals surface area contributed by atoms with E-state index >= 15 is 0 Å². The van der Waals surface area contributed by atoms with Crippen molar-refractivity contribution in [1.29, 1.82) is 0 Å². The number of halogens is 3. The van der Waals surface area contributed by atoms with Gasteiger partial charge in [0.15, 0.2) is 0 Å². The summed E-state index contributed by atoms with van der Waals surface area (Å²) in [4.78, 5) is 12.7. The van der Waals surface area contributed by atoms with Gasteiger partial charge in [-0.25, -0.2) is 0 Å². The van der Waals surface area contributed by atoms with Crippen molar-refractivity contribution in [2.24, 2.45) is 17.6 Å². The molecule has 17 heavy (non-hydrogen) atoms. The monoisotopic (exact) mass is 254 g/mol. The summed E-state index contributed by atoms with van der Waals surface area (Å²) < 4.78 is 43.0. The normalized spacial score (nSPS) is 27.3. The van der Waals surface area contributed by atoms with E-state index in [4.69, 9.17) is 10.5 Å². The maximum absolute atomic E-state index is 12.7. The third-order valence-electron chi connectivity index (χ3n) is 2.94. The summed E-state index contributed by atoms with van der Waals surface area (Å²) in [5.41, 5.74) is 5.39. The van der Waals surface area contributed by atoms with Crippen LogP contribution in [0.4, 0.5) is 13.2 Å². The van der Waals surface area contributed by atoms with Gasteiger partial charge in [0.2, 0.25) is 5.91 Å². The van der Waals surface area contributed by atoms with Crippen molar-refractivity contribution < 1.29 is 22.7 Å². The van der Waals surface area contributed by atoms with Crippen LogP contribution in [0.2, 0.25) is 0 Å². The van der Waals surface area contributed by atoms with Crippen LogP contribution in [0, 0.1) is 11.8 Å². The number of nitrogens with zero attached hydrogens (tertiary/aromatic N) is 1. The number of ether oxygens (including phenoxy) is 1. The largest absolute Gasteiger partial charge is 0.393 e. The van der Waals surface area contributed by atoms with Crippen LogP contribution in [0.5, 0.6) is 0 Å². The molecule has 0 aromatic heterocycles. The third kappa shape index (κ3) is 3.32. The van der Waals surface area contributed by atoms with Crippen LogP contribution in [0.3, 0.4) is 0 Å². The zero-order chi connectivity index (χ0) is 13.2. The molecule has 1 amide bonds. The summed E-state index contributed by atoms with van der Waals surface area (Å²) in [5, 5.41) is 0. The van der Waals surface area contributed by atoms with Gasteiger partial charge in [-0.05, 0) is 6.92 Å². The minimum atomic E-state index is -4.31. The van der Waals surface area contributed by atoms with Crippen LogP contribution in [0.15, 0.2) is 0 Å². The number of carbonyl (C=O) groups excluding carboxylic acids is 1. The molecule has 0 bridgehead atoms. The average Bonchev–Trinajstić information content (AvgIpc) is 2.60. The summed E-state index contributed by atoms with van der Waals surface area (Å²) in [6.45, 7) is 1.19. The molecule has 0 saturated carbocycles. The van der Waals surface area contributed by atoms with Gasteiger partial charge in [-0.2, -0.15) is 13.2 Å². The zero-order valence-corrected chi connectivity index (χ0v) is 9.83. The molecular formula is C10H17F3N2O2. The van der Waals surface area contributed by atoms with Gasteiger partial charge in [0, 0.05) is 26.1 Å². The van der Waals surface area contributed by atoms with Crippen LogP contribution in [0.25, 0.3) is 0 Å². The summed E-state index contributed by atoms with van der Waals surface area (Å²) in [7, 11) is 1.35. The quantitative estimate of drug-likeness (QED) is 0.803. The first-order valence-electron chi connectivity index (χ1n) is 5.37. The molecule has 0 aromatic rings. The van der Waals surface area contributed by atoms with Crippen LogP contribution in [-0.2, 0) is 9.53 Å². The Morgan fingerprint density at radius 3 is 2.53 bits per heavy atom. The average molecular weight is 254 g/mol. The van der Waals surface area contributed by atoms with Crippen molar-refractivity contribution in [3.05, 3.63) is 0 Å². The topological polar surface area (TPSA) is 55.6 Å². The van der Waals surface area contributed by atoms with Gasteiger partial charge in [0.25, 0.3) is 0 Å². The molecule has 1 fully saturated rings. The van der Waals surface area contributed by atoms with Gasteiger partial charge in [-0.3, -0.25) is 4.79 Å². The molecule has 1 aliphatic heterocycles. The van der Waals surface area contributed by atoms with E-state index in [1.807, 2.05) is 0 Å². The van der Waals surface area contributed by atoms with E-state index in [2.05, 4.69) is 0 Å². The van der Waals surface area contributed by atoms with Crippen LogP contribution in [0.1, 0.15) is 6.92 Å². The molecule has 3 atom stereocenters. The summed E-state index contributed by atoms with van der Waals surface area (Å²) >= 11 is 0. The highest BCUT2D eigenvalue weighted by atomic mass is 19.4. The molecule has 1 rings (SSSR count). The molecule has 0 radical (unpaired) electrons. The molecule has 0 aliphatic carbocycles. The Hall–Kier alpha value is -0.820. The maximum atomic E-state index is 12.7. The Balaban J connectivity index is 2.75. The molecule has 2 N–H and O–H groups in total. The first kappa shape index (κ1) is 14.2. The number of nitrogens with two attached hydrogens (primary N) is 1. The van der Waals surface area contributed by atoms with Gasteiger partial charge >= 0.3 is 6.18 Å². The van der Waals surface area contributed by atoms with Gasteiger partial charge in [-0.15, -0.1) is 0 Å². The van der Waals surface area contributed by atoms with Crippen molar-refractivity contribution in [2.75, 3.05) is 26.8 Å². The van der Waals surface area contributed by atoms with E-state index in [1.165, 1.54) is 18.9 Å². The summed E-state index contributed by atoms with van der Waals surface area (Å²) in [6.07, 6.45) is -4.31. The molecule has 0 unspecified atom stereocenters.